The number of amides is 1. The number of benzene rings is 2. The van der Waals surface area contributed by atoms with E-state index in [1.165, 1.54) is 4.68 Å². The maximum atomic E-state index is 13.2. The standard InChI is InChI=1S/C25H24Cl2F3N3O2/c1-15-3-10-19(26)20(13-15)35-14-16-4-6-18(7-5-16)24(34)31-11-2-12-33-22(17-8-9-17)21(27)23(32-33)25(28,29)30/h3-7,10,13,17H,2,8-9,11-12,14H2,1H3,(H,31,34). The maximum absolute atomic E-state index is 13.2. The summed E-state index contributed by atoms with van der Waals surface area (Å²) in [5, 5.41) is 6.72. The molecular formula is C25H24Cl2F3N3O2. The molecule has 35 heavy (non-hydrogen) atoms. The summed E-state index contributed by atoms with van der Waals surface area (Å²) in [6.45, 7) is 2.78. The lowest BCUT2D eigenvalue weighted by Crippen LogP contribution is -2.25. The second-order valence-corrected chi connectivity index (χ2v) is 9.36. The van der Waals surface area contributed by atoms with Crippen molar-refractivity contribution >= 4 is 29.1 Å². The molecular weight excluding hydrogens is 502 g/mol. The third-order valence-electron chi connectivity index (χ3n) is 5.69. The SMILES string of the molecule is Cc1ccc(Cl)c(OCc2ccc(C(=O)NCCCn3nc(C(F)(F)F)c(Cl)c3C3CC3)cc2)c1. The molecule has 0 aliphatic heterocycles. The summed E-state index contributed by atoms with van der Waals surface area (Å²) >= 11 is 12.1. The van der Waals surface area contributed by atoms with Gasteiger partial charge in [0.2, 0.25) is 0 Å². The molecule has 0 atom stereocenters. The number of alkyl halides is 3. The van der Waals surface area contributed by atoms with Crippen LogP contribution in [0.1, 0.15) is 58.1 Å². The van der Waals surface area contributed by atoms with Gasteiger partial charge in [-0.15, -0.1) is 0 Å². The molecule has 186 valence electrons. The Balaban J connectivity index is 1.27. The van der Waals surface area contributed by atoms with Gasteiger partial charge in [-0.1, -0.05) is 41.4 Å². The maximum Gasteiger partial charge on any atom is 0.436 e. The van der Waals surface area contributed by atoms with Crippen LogP contribution in [0.4, 0.5) is 13.2 Å². The van der Waals surface area contributed by atoms with Crippen molar-refractivity contribution in [2.45, 2.75) is 51.4 Å². The molecule has 1 fully saturated rings. The molecule has 0 spiro atoms. The molecule has 1 amide bonds. The zero-order chi connectivity index (χ0) is 25.2. The van der Waals surface area contributed by atoms with Gasteiger partial charge in [0.05, 0.1) is 15.7 Å². The lowest BCUT2D eigenvalue weighted by atomic mass is 10.1. The molecule has 3 aromatic rings. The van der Waals surface area contributed by atoms with Crippen LogP contribution in [0.15, 0.2) is 42.5 Å². The number of rotatable bonds is 9. The highest BCUT2D eigenvalue weighted by Gasteiger charge is 2.41. The van der Waals surface area contributed by atoms with Gasteiger partial charge in [0.25, 0.3) is 5.91 Å². The number of carbonyl (C=O) groups excluding carboxylic acids is 1. The number of nitrogens with zero attached hydrogens (tertiary/aromatic N) is 2. The van der Waals surface area contributed by atoms with Crippen LogP contribution < -0.4 is 10.1 Å². The fourth-order valence-corrected chi connectivity index (χ4v) is 4.29. The van der Waals surface area contributed by atoms with Gasteiger partial charge >= 0.3 is 6.18 Å². The van der Waals surface area contributed by atoms with E-state index in [4.69, 9.17) is 27.9 Å². The van der Waals surface area contributed by atoms with Crippen LogP contribution >= 0.6 is 23.2 Å². The van der Waals surface area contributed by atoms with Crippen molar-refractivity contribution in [2.75, 3.05) is 6.54 Å². The van der Waals surface area contributed by atoms with Crippen LogP contribution in [0, 0.1) is 6.92 Å². The molecule has 1 heterocycles. The monoisotopic (exact) mass is 525 g/mol. The molecule has 1 saturated carbocycles. The summed E-state index contributed by atoms with van der Waals surface area (Å²) in [5.41, 5.74) is 1.79. The van der Waals surface area contributed by atoms with Gasteiger partial charge in [0, 0.05) is 24.6 Å². The second-order valence-electron chi connectivity index (χ2n) is 8.57. The van der Waals surface area contributed by atoms with Crippen molar-refractivity contribution in [1.82, 2.24) is 15.1 Å². The molecule has 0 radical (unpaired) electrons. The number of nitrogens with one attached hydrogen (secondary N) is 1. The predicted octanol–water partition coefficient (Wildman–Crippen LogP) is 6.79. The minimum absolute atomic E-state index is 0.0186. The fraction of sp³-hybridized carbons (Fsp3) is 0.360. The number of ether oxygens (including phenoxy) is 1. The van der Waals surface area contributed by atoms with Gasteiger partial charge in [-0.25, -0.2) is 0 Å². The molecule has 10 heteroatoms. The molecule has 0 saturated heterocycles. The van der Waals surface area contributed by atoms with Crippen molar-refractivity contribution in [3.8, 4) is 5.75 Å². The Labute approximate surface area is 211 Å². The quantitative estimate of drug-likeness (QED) is 0.313. The van der Waals surface area contributed by atoms with E-state index in [9.17, 15) is 18.0 Å². The number of halogens is 5. The lowest BCUT2D eigenvalue weighted by molar-refractivity contribution is -0.141. The smallest absolute Gasteiger partial charge is 0.436 e. The Morgan fingerprint density at radius 1 is 1.17 bits per heavy atom. The normalized spacial score (nSPS) is 13.7. The zero-order valence-electron chi connectivity index (χ0n) is 19.0. The first-order valence-electron chi connectivity index (χ1n) is 11.2. The van der Waals surface area contributed by atoms with Crippen LogP contribution in [-0.2, 0) is 19.3 Å². The molecule has 2 aromatic carbocycles. The van der Waals surface area contributed by atoms with E-state index in [0.29, 0.717) is 41.6 Å². The van der Waals surface area contributed by atoms with Gasteiger partial charge in [-0.05, 0) is 61.6 Å². The lowest BCUT2D eigenvalue weighted by Gasteiger charge is -2.10. The number of hydrogen-bond acceptors (Lipinski definition) is 3. The molecule has 4 rings (SSSR count). The van der Waals surface area contributed by atoms with E-state index in [-0.39, 0.29) is 23.4 Å². The Hall–Kier alpha value is -2.71. The number of aryl methyl sites for hydroxylation is 2. The highest BCUT2D eigenvalue weighted by atomic mass is 35.5. The summed E-state index contributed by atoms with van der Waals surface area (Å²) in [6, 6.07) is 12.5. The van der Waals surface area contributed by atoms with Crippen LogP contribution in [0.5, 0.6) is 5.75 Å². The van der Waals surface area contributed by atoms with Crippen molar-refractivity contribution in [2.24, 2.45) is 0 Å². The minimum Gasteiger partial charge on any atom is -0.487 e. The Kier molecular flexibility index (Phi) is 7.62. The van der Waals surface area contributed by atoms with Crippen LogP contribution in [-0.4, -0.2) is 22.2 Å². The highest BCUT2D eigenvalue weighted by Crippen LogP contribution is 2.46. The average molecular weight is 526 g/mol. The summed E-state index contributed by atoms with van der Waals surface area (Å²) in [5.74, 6) is 0.348. The van der Waals surface area contributed by atoms with E-state index >= 15 is 0 Å². The third kappa shape index (κ3) is 6.30. The first kappa shape index (κ1) is 25.4. The van der Waals surface area contributed by atoms with E-state index in [1.807, 2.05) is 19.1 Å². The molecule has 5 nitrogen and oxygen atoms in total. The van der Waals surface area contributed by atoms with E-state index in [0.717, 1.165) is 24.0 Å². The van der Waals surface area contributed by atoms with Gasteiger partial charge < -0.3 is 10.1 Å². The first-order chi connectivity index (χ1) is 16.6. The number of hydrogen-bond donors (Lipinski definition) is 1. The van der Waals surface area contributed by atoms with Gasteiger partial charge in [0.15, 0.2) is 5.69 Å². The van der Waals surface area contributed by atoms with Crippen LogP contribution in [0.3, 0.4) is 0 Å². The number of aromatic nitrogens is 2. The molecule has 0 bridgehead atoms. The van der Waals surface area contributed by atoms with Crippen LogP contribution in [0.25, 0.3) is 0 Å². The topological polar surface area (TPSA) is 56.1 Å². The van der Waals surface area contributed by atoms with E-state index < -0.39 is 11.9 Å². The second kappa shape index (κ2) is 10.5. The van der Waals surface area contributed by atoms with Gasteiger partial charge in [-0.3, -0.25) is 9.48 Å². The zero-order valence-corrected chi connectivity index (χ0v) is 20.5. The number of carbonyl (C=O) groups is 1. The highest BCUT2D eigenvalue weighted by molar-refractivity contribution is 6.32. The fourth-order valence-electron chi connectivity index (χ4n) is 3.72. The first-order valence-corrected chi connectivity index (χ1v) is 12.0. The average Bonchev–Trinajstić information content (AvgIpc) is 3.59. The predicted molar refractivity (Wildman–Crippen MR) is 128 cm³/mol. The van der Waals surface area contributed by atoms with Crippen molar-refractivity contribution in [3.63, 3.8) is 0 Å². The van der Waals surface area contributed by atoms with Crippen molar-refractivity contribution < 1.29 is 22.7 Å². The van der Waals surface area contributed by atoms with E-state index in [2.05, 4.69) is 10.4 Å². The molecule has 1 aliphatic carbocycles. The third-order valence-corrected chi connectivity index (χ3v) is 6.38. The summed E-state index contributed by atoms with van der Waals surface area (Å²) in [6.07, 6.45) is -2.56. The van der Waals surface area contributed by atoms with Gasteiger partial charge in [-0.2, -0.15) is 18.3 Å². The summed E-state index contributed by atoms with van der Waals surface area (Å²) in [4.78, 5) is 12.5. The minimum atomic E-state index is -4.59. The summed E-state index contributed by atoms with van der Waals surface area (Å²) < 4.78 is 46.6. The van der Waals surface area contributed by atoms with Crippen molar-refractivity contribution in [3.05, 3.63) is 80.6 Å². The van der Waals surface area contributed by atoms with E-state index in [1.54, 1.807) is 30.3 Å². The van der Waals surface area contributed by atoms with Gasteiger partial charge in [0.1, 0.15) is 12.4 Å². The molecule has 1 N–H and O–H groups in total. The largest absolute Gasteiger partial charge is 0.487 e. The van der Waals surface area contributed by atoms with Crippen LogP contribution in [0.2, 0.25) is 10.0 Å². The molecule has 1 aromatic heterocycles. The van der Waals surface area contributed by atoms with Crippen molar-refractivity contribution in [1.29, 1.82) is 0 Å². The Morgan fingerprint density at radius 2 is 1.89 bits per heavy atom. The molecule has 0 unspecified atom stereocenters. The Bertz CT molecular complexity index is 1210. The Morgan fingerprint density at radius 3 is 2.54 bits per heavy atom. The summed E-state index contributed by atoms with van der Waals surface area (Å²) in [7, 11) is 0. The molecule has 1 aliphatic rings.